The van der Waals surface area contributed by atoms with Gasteiger partial charge in [-0.05, 0) is 25.3 Å². The van der Waals surface area contributed by atoms with Crippen LogP contribution < -0.4 is 0 Å². The first kappa shape index (κ1) is 12.5. The van der Waals surface area contributed by atoms with E-state index >= 15 is 0 Å². The van der Waals surface area contributed by atoms with Crippen molar-refractivity contribution in [2.75, 3.05) is 0 Å². The van der Waals surface area contributed by atoms with Gasteiger partial charge in [-0.15, -0.1) is 0 Å². The number of aryl methyl sites for hydroxylation is 1. The number of carbonyl (C=O) groups excluding carboxylic acids is 1. The summed E-state index contributed by atoms with van der Waals surface area (Å²) in [6, 6.07) is 7.86. The van der Waals surface area contributed by atoms with Crippen LogP contribution in [0.3, 0.4) is 0 Å². The topological polar surface area (TPSA) is 42.9 Å². The van der Waals surface area contributed by atoms with E-state index in [-0.39, 0.29) is 5.78 Å². The minimum Gasteiger partial charge on any atom is -0.294 e. The van der Waals surface area contributed by atoms with Crippen LogP contribution in [0.4, 0.5) is 0 Å². The first-order chi connectivity index (χ1) is 9.25. The van der Waals surface area contributed by atoms with Crippen molar-refractivity contribution < 1.29 is 4.79 Å². The summed E-state index contributed by atoms with van der Waals surface area (Å²) in [5.74, 6) is 0.854. The van der Waals surface area contributed by atoms with Crippen LogP contribution in [0.1, 0.15) is 35.3 Å². The van der Waals surface area contributed by atoms with Crippen LogP contribution in [0.25, 0.3) is 11.4 Å². The highest BCUT2D eigenvalue weighted by Crippen LogP contribution is 2.27. The summed E-state index contributed by atoms with van der Waals surface area (Å²) in [6.45, 7) is 0. The molecule has 0 bridgehead atoms. The molecule has 3 nitrogen and oxygen atoms in total. The van der Waals surface area contributed by atoms with Crippen LogP contribution in [0.15, 0.2) is 34.9 Å². The zero-order chi connectivity index (χ0) is 13.2. The number of Topliss-reactive ketones (excluding diaryl/α,β-unsaturated/α-hetero) is 1. The second-order valence-corrected chi connectivity index (χ2v) is 5.52. The van der Waals surface area contributed by atoms with Gasteiger partial charge in [0.25, 0.3) is 0 Å². The van der Waals surface area contributed by atoms with Gasteiger partial charge in [0.15, 0.2) is 11.6 Å². The van der Waals surface area contributed by atoms with Gasteiger partial charge in [0.2, 0.25) is 0 Å². The predicted molar refractivity (Wildman–Crippen MR) is 77.1 cm³/mol. The highest BCUT2D eigenvalue weighted by atomic mass is 79.9. The van der Waals surface area contributed by atoms with Gasteiger partial charge in [0.1, 0.15) is 0 Å². The first-order valence-electron chi connectivity index (χ1n) is 6.40. The summed E-state index contributed by atoms with van der Waals surface area (Å²) in [7, 11) is 0. The highest BCUT2D eigenvalue weighted by Gasteiger charge is 2.18. The van der Waals surface area contributed by atoms with Gasteiger partial charge in [-0.1, -0.05) is 34.1 Å². The van der Waals surface area contributed by atoms with Crippen molar-refractivity contribution in [1.29, 1.82) is 0 Å². The number of fused-ring (bicyclic) bond motifs is 1. The molecular formula is C15H13BrN2O. The van der Waals surface area contributed by atoms with E-state index in [4.69, 9.17) is 0 Å². The third-order valence-electron chi connectivity index (χ3n) is 3.35. The second-order valence-electron chi connectivity index (χ2n) is 4.66. The maximum absolute atomic E-state index is 11.9. The highest BCUT2D eigenvalue weighted by molar-refractivity contribution is 9.10. The normalized spacial score (nSPS) is 14.9. The molecule has 0 atom stereocenters. The summed E-state index contributed by atoms with van der Waals surface area (Å²) in [4.78, 5) is 20.9. The van der Waals surface area contributed by atoms with Crippen molar-refractivity contribution in [3.05, 3.63) is 46.2 Å². The Morgan fingerprint density at radius 2 is 1.84 bits per heavy atom. The van der Waals surface area contributed by atoms with Crippen LogP contribution in [-0.4, -0.2) is 15.8 Å². The molecule has 2 aromatic rings. The third-order valence-corrected chi connectivity index (χ3v) is 4.04. The average molecular weight is 317 g/mol. The average Bonchev–Trinajstić information content (AvgIpc) is 2.61. The van der Waals surface area contributed by atoms with Gasteiger partial charge in [-0.3, -0.25) is 4.79 Å². The lowest BCUT2D eigenvalue weighted by Gasteiger charge is -2.07. The number of nitrogens with zero attached hydrogens (tertiary/aromatic N) is 2. The molecule has 1 aliphatic carbocycles. The Kier molecular flexibility index (Phi) is 3.42. The fourth-order valence-corrected chi connectivity index (χ4v) is 2.79. The SMILES string of the molecule is O=C1CCCCc2nc(-c3ccccc3Br)ncc21. The molecule has 0 fully saturated rings. The van der Waals surface area contributed by atoms with Crippen LogP contribution in [0.5, 0.6) is 0 Å². The van der Waals surface area contributed by atoms with E-state index in [0.717, 1.165) is 35.0 Å². The molecule has 0 radical (unpaired) electrons. The van der Waals surface area contributed by atoms with E-state index in [1.54, 1.807) is 6.20 Å². The van der Waals surface area contributed by atoms with Crippen LogP contribution >= 0.6 is 15.9 Å². The maximum atomic E-state index is 11.9. The van der Waals surface area contributed by atoms with Crippen molar-refractivity contribution in [3.63, 3.8) is 0 Å². The van der Waals surface area contributed by atoms with Crippen LogP contribution in [0.2, 0.25) is 0 Å². The Morgan fingerprint density at radius 1 is 1.05 bits per heavy atom. The largest absolute Gasteiger partial charge is 0.294 e. The molecule has 1 aliphatic rings. The molecule has 0 saturated heterocycles. The van der Waals surface area contributed by atoms with Gasteiger partial charge in [-0.25, -0.2) is 9.97 Å². The molecule has 3 rings (SSSR count). The third kappa shape index (κ3) is 2.45. The molecule has 19 heavy (non-hydrogen) atoms. The molecule has 0 saturated carbocycles. The number of ketones is 1. The fraction of sp³-hybridized carbons (Fsp3) is 0.267. The van der Waals surface area contributed by atoms with Crippen molar-refractivity contribution in [1.82, 2.24) is 9.97 Å². The zero-order valence-electron chi connectivity index (χ0n) is 10.4. The second kappa shape index (κ2) is 5.21. The minimum absolute atomic E-state index is 0.172. The van der Waals surface area contributed by atoms with Crippen molar-refractivity contribution in [2.45, 2.75) is 25.7 Å². The van der Waals surface area contributed by atoms with Gasteiger partial charge in [-0.2, -0.15) is 0 Å². The molecule has 1 heterocycles. The Morgan fingerprint density at radius 3 is 2.68 bits per heavy atom. The molecule has 0 aliphatic heterocycles. The minimum atomic E-state index is 0.172. The predicted octanol–water partition coefficient (Wildman–Crippen LogP) is 3.82. The Bertz CT molecular complexity index is 640. The fourth-order valence-electron chi connectivity index (χ4n) is 2.33. The summed E-state index contributed by atoms with van der Waals surface area (Å²) in [5.41, 5.74) is 2.55. The monoisotopic (exact) mass is 316 g/mol. The maximum Gasteiger partial charge on any atom is 0.166 e. The zero-order valence-corrected chi connectivity index (χ0v) is 12.0. The number of benzene rings is 1. The van der Waals surface area contributed by atoms with Crippen molar-refractivity contribution >= 4 is 21.7 Å². The molecule has 1 aromatic heterocycles. The first-order valence-corrected chi connectivity index (χ1v) is 7.19. The molecule has 0 unspecified atom stereocenters. The molecule has 0 amide bonds. The summed E-state index contributed by atoms with van der Waals surface area (Å²) in [6.07, 6.45) is 5.13. The van der Waals surface area contributed by atoms with E-state index < -0.39 is 0 Å². The standard InChI is InChI=1S/C15H13BrN2O/c16-12-6-2-1-5-10(12)15-17-9-11-13(18-15)7-3-4-8-14(11)19/h1-2,5-6,9H,3-4,7-8H2. The molecular weight excluding hydrogens is 304 g/mol. The van der Waals surface area contributed by atoms with E-state index in [9.17, 15) is 4.79 Å². The smallest absolute Gasteiger partial charge is 0.166 e. The molecule has 0 N–H and O–H groups in total. The molecule has 0 spiro atoms. The summed E-state index contributed by atoms with van der Waals surface area (Å²) >= 11 is 3.51. The molecule has 4 heteroatoms. The van der Waals surface area contributed by atoms with E-state index in [1.807, 2.05) is 24.3 Å². The number of carbonyl (C=O) groups is 1. The number of rotatable bonds is 1. The number of aromatic nitrogens is 2. The van der Waals surface area contributed by atoms with Crippen molar-refractivity contribution in [3.8, 4) is 11.4 Å². The van der Waals surface area contributed by atoms with Crippen LogP contribution in [0, 0.1) is 0 Å². The van der Waals surface area contributed by atoms with Crippen molar-refractivity contribution in [2.24, 2.45) is 0 Å². The van der Waals surface area contributed by atoms with Gasteiger partial charge >= 0.3 is 0 Å². The Hall–Kier alpha value is -1.55. The Balaban J connectivity index is 2.09. The summed E-state index contributed by atoms with van der Waals surface area (Å²) in [5, 5.41) is 0. The lowest BCUT2D eigenvalue weighted by atomic mass is 10.1. The molecule has 1 aromatic carbocycles. The van der Waals surface area contributed by atoms with E-state index in [2.05, 4.69) is 25.9 Å². The number of halogens is 1. The van der Waals surface area contributed by atoms with E-state index in [0.29, 0.717) is 17.8 Å². The lowest BCUT2D eigenvalue weighted by molar-refractivity contribution is 0.0981. The van der Waals surface area contributed by atoms with Gasteiger partial charge in [0, 0.05) is 22.7 Å². The molecule has 96 valence electrons. The van der Waals surface area contributed by atoms with Gasteiger partial charge in [0.05, 0.1) is 11.3 Å². The van der Waals surface area contributed by atoms with Crippen LogP contribution in [-0.2, 0) is 6.42 Å². The van der Waals surface area contributed by atoms with E-state index in [1.165, 1.54) is 0 Å². The quantitative estimate of drug-likeness (QED) is 0.751. The number of hydrogen-bond donors (Lipinski definition) is 0. The lowest BCUT2D eigenvalue weighted by Crippen LogP contribution is -2.05. The van der Waals surface area contributed by atoms with Gasteiger partial charge < -0.3 is 0 Å². The Labute approximate surface area is 120 Å². The summed E-state index contributed by atoms with van der Waals surface area (Å²) < 4.78 is 0.967. The number of hydrogen-bond acceptors (Lipinski definition) is 3.